The number of pyridine rings is 1. The van der Waals surface area contributed by atoms with E-state index in [1.807, 2.05) is 0 Å². The number of hydrogen-bond acceptors (Lipinski definition) is 5. The number of rotatable bonds is 3. The number of hydrogen-bond donors (Lipinski definition) is 2. The highest BCUT2D eigenvalue weighted by Crippen LogP contribution is 2.33. The SMILES string of the molecule is CCOC(=O)c1c(-c2ccccc2F)c2c(=O)[nH]c3ccccc3c2oc1=N. The number of aromatic nitrogens is 1. The number of carbonyl (C=O) groups excluding carboxylic acids is 1. The molecule has 4 aromatic rings. The van der Waals surface area contributed by atoms with Crippen molar-refractivity contribution in [3.8, 4) is 11.1 Å². The summed E-state index contributed by atoms with van der Waals surface area (Å²) in [6.45, 7) is 1.67. The topological polar surface area (TPSA) is 96.2 Å². The van der Waals surface area contributed by atoms with Crippen molar-refractivity contribution in [2.75, 3.05) is 6.61 Å². The summed E-state index contributed by atoms with van der Waals surface area (Å²) in [4.78, 5) is 28.2. The highest BCUT2D eigenvalue weighted by molar-refractivity contribution is 6.11. The Morgan fingerprint density at radius 3 is 2.64 bits per heavy atom. The van der Waals surface area contributed by atoms with E-state index in [1.165, 1.54) is 18.2 Å². The molecule has 0 radical (unpaired) electrons. The summed E-state index contributed by atoms with van der Waals surface area (Å²) >= 11 is 0. The Labute approximate surface area is 157 Å². The number of ether oxygens (including phenoxy) is 1. The van der Waals surface area contributed by atoms with Crippen LogP contribution in [-0.4, -0.2) is 17.6 Å². The standard InChI is InChI=1S/C21H15FN2O4/c1-2-27-21(26)17-15(11-7-3-5-9-13(11)22)16-18(28-19(17)23)12-8-4-6-10-14(12)24-20(16)25/h3-10,23H,2H2,1H3,(H,24,25). The summed E-state index contributed by atoms with van der Waals surface area (Å²) in [7, 11) is 0. The molecule has 2 aromatic carbocycles. The van der Waals surface area contributed by atoms with Gasteiger partial charge in [-0.15, -0.1) is 0 Å². The van der Waals surface area contributed by atoms with Crippen LogP contribution in [0.5, 0.6) is 0 Å². The molecule has 0 fully saturated rings. The lowest BCUT2D eigenvalue weighted by atomic mass is 9.96. The van der Waals surface area contributed by atoms with Gasteiger partial charge in [0.1, 0.15) is 11.4 Å². The van der Waals surface area contributed by atoms with Crippen molar-refractivity contribution in [1.82, 2.24) is 4.98 Å². The van der Waals surface area contributed by atoms with E-state index in [4.69, 9.17) is 14.6 Å². The Morgan fingerprint density at radius 1 is 1.18 bits per heavy atom. The fourth-order valence-electron chi connectivity index (χ4n) is 3.27. The van der Waals surface area contributed by atoms with Crippen LogP contribution in [0, 0.1) is 11.2 Å². The Balaban J connectivity index is 2.28. The van der Waals surface area contributed by atoms with E-state index in [9.17, 15) is 14.0 Å². The zero-order valence-corrected chi connectivity index (χ0v) is 14.8. The van der Waals surface area contributed by atoms with Crippen molar-refractivity contribution in [3.63, 3.8) is 0 Å². The lowest BCUT2D eigenvalue weighted by Gasteiger charge is -2.13. The first-order valence-electron chi connectivity index (χ1n) is 8.61. The molecule has 28 heavy (non-hydrogen) atoms. The van der Waals surface area contributed by atoms with Gasteiger partial charge in [0.2, 0.25) is 5.55 Å². The number of benzene rings is 2. The van der Waals surface area contributed by atoms with Crippen LogP contribution >= 0.6 is 0 Å². The van der Waals surface area contributed by atoms with E-state index in [-0.39, 0.29) is 34.3 Å². The number of H-pyrrole nitrogens is 1. The quantitative estimate of drug-likeness (QED) is 0.419. The molecule has 0 amide bonds. The minimum Gasteiger partial charge on any atom is -0.462 e. The van der Waals surface area contributed by atoms with Gasteiger partial charge in [-0.05, 0) is 25.1 Å². The summed E-state index contributed by atoms with van der Waals surface area (Å²) in [5.74, 6) is -1.49. The van der Waals surface area contributed by atoms with Crippen LogP contribution in [0.3, 0.4) is 0 Å². The van der Waals surface area contributed by atoms with Gasteiger partial charge in [0.05, 0.1) is 17.5 Å². The molecule has 2 heterocycles. The average molecular weight is 378 g/mol. The Hall–Kier alpha value is -3.74. The molecule has 2 N–H and O–H groups in total. The van der Waals surface area contributed by atoms with E-state index in [1.54, 1.807) is 37.3 Å². The fourth-order valence-corrected chi connectivity index (χ4v) is 3.27. The Kier molecular flexibility index (Phi) is 4.27. The Morgan fingerprint density at radius 2 is 1.89 bits per heavy atom. The van der Waals surface area contributed by atoms with Crippen molar-refractivity contribution >= 4 is 27.8 Å². The first-order chi connectivity index (χ1) is 13.5. The monoisotopic (exact) mass is 378 g/mol. The van der Waals surface area contributed by atoms with Crippen molar-refractivity contribution < 1.29 is 18.3 Å². The molecule has 0 unspecified atom stereocenters. The predicted octanol–water partition coefficient (Wildman–Crippen LogP) is 3.74. The molecule has 0 saturated carbocycles. The third-order valence-electron chi connectivity index (χ3n) is 4.43. The normalized spacial score (nSPS) is 11.1. The molecule has 0 spiro atoms. The van der Waals surface area contributed by atoms with Gasteiger partial charge in [-0.3, -0.25) is 10.2 Å². The van der Waals surface area contributed by atoms with Gasteiger partial charge in [0.15, 0.2) is 5.58 Å². The molecule has 2 aromatic heterocycles. The molecule has 140 valence electrons. The van der Waals surface area contributed by atoms with Crippen molar-refractivity contribution in [2.45, 2.75) is 6.92 Å². The number of carbonyl (C=O) groups is 1. The molecule has 0 aliphatic carbocycles. The average Bonchev–Trinajstić information content (AvgIpc) is 2.67. The molecule has 0 atom stereocenters. The highest BCUT2D eigenvalue weighted by atomic mass is 19.1. The lowest BCUT2D eigenvalue weighted by molar-refractivity contribution is 0.0522. The second kappa shape index (κ2) is 6.77. The third-order valence-corrected chi connectivity index (χ3v) is 4.43. The maximum absolute atomic E-state index is 14.7. The van der Waals surface area contributed by atoms with Gasteiger partial charge in [-0.1, -0.05) is 30.3 Å². The molecule has 6 nitrogen and oxygen atoms in total. The van der Waals surface area contributed by atoms with Gasteiger partial charge in [0.25, 0.3) is 5.56 Å². The van der Waals surface area contributed by atoms with Gasteiger partial charge >= 0.3 is 5.97 Å². The van der Waals surface area contributed by atoms with Crippen LogP contribution in [-0.2, 0) is 4.74 Å². The second-order valence-corrected chi connectivity index (χ2v) is 6.09. The number of nitrogens with one attached hydrogen (secondary N) is 2. The minimum atomic E-state index is -0.857. The van der Waals surface area contributed by atoms with Crippen LogP contribution in [0.25, 0.3) is 33.0 Å². The number of halogens is 1. The Bertz CT molecular complexity index is 1350. The summed E-state index contributed by atoms with van der Waals surface area (Å²) in [5.41, 5.74) is -0.737. The molecule has 0 bridgehead atoms. The predicted molar refractivity (Wildman–Crippen MR) is 102 cm³/mol. The zero-order valence-electron chi connectivity index (χ0n) is 14.8. The number of esters is 1. The third kappa shape index (κ3) is 2.68. The van der Waals surface area contributed by atoms with Gasteiger partial charge in [0, 0.05) is 16.5 Å². The van der Waals surface area contributed by atoms with Crippen molar-refractivity contribution in [2.24, 2.45) is 0 Å². The molecule has 0 saturated heterocycles. The maximum Gasteiger partial charge on any atom is 0.344 e. The molecular formula is C21H15FN2O4. The largest absolute Gasteiger partial charge is 0.462 e. The lowest BCUT2D eigenvalue weighted by Crippen LogP contribution is -2.21. The van der Waals surface area contributed by atoms with Crippen molar-refractivity contribution in [3.05, 3.63) is 75.8 Å². The van der Waals surface area contributed by atoms with Gasteiger partial charge in [-0.2, -0.15) is 0 Å². The molecule has 0 aliphatic heterocycles. The van der Waals surface area contributed by atoms with Crippen molar-refractivity contribution in [1.29, 1.82) is 5.41 Å². The zero-order chi connectivity index (χ0) is 19.8. The van der Waals surface area contributed by atoms with Crippen LogP contribution in [0.15, 0.2) is 57.7 Å². The summed E-state index contributed by atoms with van der Waals surface area (Å²) in [6, 6.07) is 12.7. The molecule has 0 aliphatic rings. The highest BCUT2D eigenvalue weighted by Gasteiger charge is 2.26. The van der Waals surface area contributed by atoms with E-state index in [2.05, 4.69) is 4.98 Å². The summed E-state index contributed by atoms with van der Waals surface area (Å²) < 4.78 is 25.3. The number of aromatic amines is 1. The van der Waals surface area contributed by atoms with Crippen LogP contribution < -0.4 is 11.1 Å². The summed E-state index contributed by atoms with van der Waals surface area (Å²) in [5, 5.41) is 8.80. The van der Waals surface area contributed by atoms with Crippen LogP contribution in [0.4, 0.5) is 4.39 Å². The van der Waals surface area contributed by atoms with E-state index in [0.717, 1.165) is 0 Å². The summed E-state index contributed by atoms with van der Waals surface area (Å²) in [6.07, 6.45) is 0. The number of fused-ring (bicyclic) bond motifs is 3. The molecule has 7 heteroatoms. The van der Waals surface area contributed by atoms with E-state index >= 15 is 0 Å². The number of para-hydroxylation sites is 1. The van der Waals surface area contributed by atoms with E-state index < -0.39 is 22.9 Å². The second-order valence-electron chi connectivity index (χ2n) is 6.09. The van der Waals surface area contributed by atoms with Crippen LogP contribution in [0.2, 0.25) is 0 Å². The molecule has 4 rings (SSSR count). The van der Waals surface area contributed by atoms with Gasteiger partial charge in [-0.25, -0.2) is 9.18 Å². The fraction of sp³-hybridized carbons (Fsp3) is 0.0952. The first-order valence-corrected chi connectivity index (χ1v) is 8.61. The van der Waals surface area contributed by atoms with Gasteiger partial charge < -0.3 is 14.1 Å². The first kappa shape index (κ1) is 17.7. The van der Waals surface area contributed by atoms with Crippen LogP contribution in [0.1, 0.15) is 17.3 Å². The molecular weight excluding hydrogens is 363 g/mol. The smallest absolute Gasteiger partial charge is 0.344 e. The maximum atomic E-state index is 14.7. The minimum absolute atomic E-state index is 0.0112. The van der Waals surface area contributed by atoms with E-state index in [0.29, 0.717) is 10.9 Å².